The lowest BCUT2D eigenvalue weighted by molar-refractivity contribution is 0.290. The maximum atomic E-state index is 5.56. The molecule has 0 aromatic heterocycles. The molecule has 0 radical (unpaired) electrons. The van der Waals surface area contributed by atoms with Crippen molar-refractivity contribution in [3.05, 3.63) is 0 Å². The van der Waals surface area contributed by atoms with Crippen molar-refractivity contribution in [2.75, 3.05) is 19.0 Å². The smallest absolute Gasteiger partial charge is 0.119 e. The van der Waals surface area contributed by atoms with Crippen LogP contribution in [-0.2, 0) is 16.3 Å². The number of hydrogen-bond donors (Lipinski definition) is 0. The molecule has 1 aliphatic heterocycles. The lowest BCUT2D eigenvalue weighted by atomic mass is 10.1. The molecule has 62 valence electrons. The predicted octanol–water partition coefficient (Wildman–Crippen LogP) is 2.33. The highest BCUT2D eigenvalue weighted by Crippen LogP contribution is 2.61. The second-order valence-corrected chi connectivity index (χ2v) is 10.1. The van der Waals surface area contributed by atoms with Crippen LogP contribution in [-0.4, -0.2) is 19.0 Å². The van der Waals surface area contributed by atoms with Crippen molar-refractivity contribution in [1.29, 1.82) is 0 Å². The average molecular weight is 206 g/mol. The minimum atomic E-state index is -1.49. The third kappa shape index (κ3) is 2.49. The summed E-state index contributed by atoms with van der Waals surface area (Å²) in [7, 11) is 0. The molecule has 4 heteroatoms. The Morgan fingerprint density at radius 1 is 1.82 bits per heavy atom. The molecule has 1 heterocycles. The molecule has 1 fully saturated rings. The Balaban J connectivity index is 2.49. The Hall–Kier alpha value is 0.520. The van der Waals surface area contributed by atoms with E-state index in [1.807, 2.05) is 6.26 Å². The second kappa shape index (κ2) is 3.96. The lowest BCUT2D eigenvalue weighted by Crippen LogP contribution is -2.14. The Morgan fingerprint density at radius 3 is 2.91 bits per heavy atom. The Kier molecular flexibility index (Phi) is 3.46. The van der Waals surface area contributed by atoms with E-state index in [0.29, 0.717) is 12.5 Å². The highest BCUT2D eigenvalue weighted by Gasteiger charge is 2.24. The first-order chi connectivity index (χ1) is 5.20. The van der Waals surface area contributed by atoms with Gasteiger partial charge in [0.1, 0.15) is 5.47 Å². The Morgan fingerprint density at radius 2 is 2.55 bits per heavy atom. The van der Waals surface area contributed by atoms with Gasteiger partial charge in [0.05, 0.1) is 6.61 Å². The third-order valence-corrected chi connectivity index (χ3v) is 8.38. The van der Waals surface area contributed by atoms with Crippen LogP contribution in [0.15, 0.2) is 0 Å². The fraction of sp³-hybridized carbons (Fsp3) is 0.714. The van der Waals surface area contributed by atoms with Gasteiger partial charge in [-0.05, 0) is 12.7 Å². The van der Waals surface area contributed by atoms with Crippen LogP contribution in [0.5, 0.6) is 0 Å². The summed E-state index contributed by atoms with van der Waals surface area (Å²) in [5, 5.41) is 0. The SMILES string of the molecule is C#CC1CCP(=S)(SC)OC1. The van der Waals surface area contributed by atoms with Crippen LogP contribution in [0, 0.1) is 18.3 Å². The van der Waals surface area contributed by atoms with E-state index in [1.54, 1.807) is 11.4 Å². The maximum Gasteiger partial charge on any atom is 0.119 e. The first kappa shape index (κ1) is 9.61. The van der Waals surface area contributed by atoms with Gasteiger partial charge < -0.3 is 4.52 Å². The highest BCUT2D eigenvalue weighted by atomic mass is 32.9. The molecule has 2 unspecified atom stereocenters. The van der Waals surface area contributed by atoms with Gasteiger partial charge in [0.2, 0.25) is 0 Å². The Labute approximate surface area is 77.1 Å². The molecule has 0 bridgehead atoms. The minimum absolute atomic E-state index is 0.304. The van der Waals surface area contributed by atoms with Crippen LogP contribution in [0.2, 0.25) is 0 Å². The van der Waals surface area contributed by atoms with E-state index in [0.717, 1.165) is 12.6 Å². The summed E-state index contributed by atoms with van der Waals surface area (Å²) in [5.41, 5.74) is -1.49. The zero-order valence-corrected chi connectivity index (χ0v) is 8.98. The summed E-state index contributed by atoms with van der Waals surface area (Å²) in [6, 6.07) is 0. The van der Waals surface area contributed by atoms with Crippen molar-refractivity contribution >= 4 is 28.7 Å². The van der Waals surface area contributed by atoms with E-state index in [2.05, 4.69) is 5.92 Å². The zero-order valence-electron chi connectivity index (χ0n) is 6.45. The first-order valence-corrected chi connectivity index (χ1v) is 8.19. The van der Waals surface area contributed by atoms with Gasteiger partial charge in [0.15, 0.2) is 0 Å². The summed E-state index contributed by atoms with van der Waals surface area (Å²) in [4.78, 5) is 0. The number of rotatable bonds is 1. The van der Waals surface area contributed by atoms with Crippen molar-refractivity contribution in [3.63, 3.8) is 0 Å². The monoisotopic (exact) mass is 206 g/mol. The van der Waals surface area contributed by atoms with Gasteiger partial charge in [-0.1, -0.05) is 11.8 Å². The fourth-order valence-corrected chi connectivity index (χ4v) is 4.25. The summed E-state index contributed by atoms with van der Waals surface area (Å²) < 4.78 is 5.56. The van der Waals surface area contributed by atoms with Crippen LogP contribution in [0.3, 0.4) is 0 Å². The molecule has 0 saturated carbocycles. The van der Waals surface area contributed by atoms with Crippen molar-refractivity contribution in [2.24, 2.45) is 5.92 Å². The van der Waals surface area contributed by atoms with E-state index >= 15 is 0 Å². The summed E-state index contributed by atoms with van der Waals surface area (Å²) >= 11 is 7.03. The third-order valence-electron chi connectivity index (χ3n) is 1.74. The number of terminal acetylenes is 1. The van der Waals surface area contributed by atoms with E-state index < -0.39 is 5.47 Å². The average Bonchev–Trinajstić information content (AvgIpc) is 2.06. The van der Waals surface area contributed by atoms with Crippen molar-refractivity contribution < 1.29 is 4.52 Å². The van der Waals surface area contributed by atoms with E-state index in [-0.39, 0.29) is 0 Å². The molecule has 0 amide bonds. The van der Waals surface area contributed by atoms with E-state index in [4.69, 9.17) is 22.8 Å². The molecular formula is C7H11OPS2. The summed E-state index contributed by atoms with van der Waals surface area (Å²) in [6.07, 6.45) is 9.35. The first-order valence-electron chi connectivity index (χ1n) is 3.45. The van der Waals surface area contributed by atoms with Gasteiger partial charge in [0.25, 0.3) is 0 Å². The standard InChI is InChI=1S/C7H11OPS2/c1-3-7-4-5-9(10,11-2)8-6-7/h1,7H,4-6H2,2H3. The van der Waals surface area contributed by atoms with Crippen LogP contribution in [0.1, 0.15) is 6.42 Å². The van der Waals surface area contributed by atoms with Crippen molar-refractivity contribution in [3.8, 4) is 12.3 Å². The highest BCUT2D eigenvalue weighted by molar-refractivity contribution is 8.69. The summed E-state index contributed by atoms with van der Waals surface area (Å²) in [5.74, 6) is 3.01. The predicted molar refractivity (Wildman–Crippen MR) is 55.6 cm³/mol. The van der Waals surface area contributed by atoms with Gasteiger partial charge in [-0.15, -0.1) is 23.7 Å². The molecule has 0 aromatic carbocycles. The lowest BCUT2D eigenvalue weighted by Gasteiger charge is -2.27. The Bertz CT molecular complexity index is 209. The quantitative estimate of drug-likeness (QED) is 0.481. The van der Waals surface area contributed by atoms with Gasteiger partial charge in [-0.3, -0.25) is 0 Å². The molecule has 0 spiro atoms. The van der Waals surface area contributed by atoms with Crippen LogP contribution >= 0.6 is 16.8 Å². The summed E-state index contributed by atoms with van der Waals surface area (Å²) in [6.45, 7) is 0.675. The second-order valence-electron chi connectivity index (χ2n) is 2.47. The molecule has 1 saturated heterocycles. The molecule has 0 aromatic rings. The van der Waals surface area contributed by atoms with Crippen molar-refractivity contribution in [2.45, 2.75) is 6.42 Å². The molecule has 0 N–H and O–H groups in total. The van der Waals surface area contributed by atoms with Crippen molar-refractivity contribution in [1.82, 2.24) is 0 Å². The largest absolute Gasteiger partial charge is 0.340 e. The molecule has 2 atom stereocenters. The zero-order chi connectivity index (χ0) is 8.32. The van der Waals surface area contributed by atoms with E-state index in [9.17, 15) is 0 Å². The molecule has 1 aliphatic rings. The van der Waals surface area contributed by atoms with Gasteiger partial charge in [-0.2, -0.15) is 0 Å². The minimum Gasteiger partial charge on any atom is -0.340 e. The van der Waals surface area contributed by atoms with Crippen LogP contribution in [0.4, 0.5) is 0 Å². The number of hydrogen-bond acceptors (Lipinski definition) is 3. The molecule has 1 rings (SSSR count). The molecule has 11 heavy (non-hydrogen) atoms. The van der Waals surface area contributed by atoms with Crippen LogP contribution in [0.25, 0.3) is 0 Å². The van der Waals surface area contributed by atoms with Gasteiger partial charge >= 0.3 is 0 Å². The fourth-order valence-electron chi connectivity index (χ4n) is 0.941. The normalized spacial score (nSPS) is 38.0. The van der Waals surface area contributed by atoms with Crippen LogP contribution < -0.4 is 0 Å². The molecular weight excluding hydrogens is 195 g/mol. The van der Waals surface area contributed by atoms with E-state index in [1.165, 1.54) is 0 Å². The topological polar surface area (TPSA) is 9.23 Å². The van der Waals surface area contributed by atoms with Gasteiger partial charge in [-0.25, -0.2) is 0 Å². The maximum absolute atomic E-state index is 5.56. The molecule has 0 aliphatic carbocycles. The molecule has 1 nitrogen and oxygen atoms in total. The van der Waals surface area contributed by atoms with Gasteiger partial charge in [0, 0.05) is 12.1 Å².